The predicted octanol–water partition coefficient (Wildman–Crippen LogP) is 2.17. The molecule has 2 heterocycles. The van der Waals surface area contributed by atoms with Crippen molar-refractivity contribution in [3.63, 3.8) is 0 Å². The number of hydrogen-bond acceptors (Lipinski definition) is 4. The molecule has 0 amide bonds. The van der Waals surface area contributed by atoms with E-state index in [-0.39, 0.29) is 12.2 Å². The minimum atomic E-state index is -0.666. The average molecular weight is 297 g/mol. The van der Waals surface area contributed by atoms with Crippen molar-refractivity contribution >= 4 is 11.6 Å². The van der Waals surface area contributed by atoms with Gasteiger partial charge in [0.2, 0.25) is 0 Å². The summed E-state index contributed by atoms with van der Waals surface area (Å²) in [5.74, 6) is -0.666. The van der Waals surface area contributed by atoms with Gasteiger partial charge in [0.1, 0.15) is 5.56 Å². The zero-order chi connectivity index (χ0) is 15.7. The zero-order valence-electron chi connectivity index (χ0n) is 12.3. The van der Waals surface area contributed by atoms with Crippen molar-refractivity contribution in [1.29, 1.82) is 0 Å². The van der Waals surface area contributed by atoms with Gasteiger partial charge in [0.25, 0.3) is 5.56 Å². The van der Waals surface area contributed by atoms with Crippen molar-refractivity contribution < 1.29 is 9.53 Å². The highest BCUT2D eigenvalue weighted by Gasteiger charge is 2.16. The van der Waals surface area contributed by atoms with E-state index in [0.717, 1.165) is 16.8 Å². The van der Waals surface area contributed by atoms with E-state index >= 15 is 0 Å². The molecule has 0 bridgehead atoms. The summed E-state index contributed by atoms with van der Waals surface area (Å²) < 4.78 is 6.11. The molecule has 0 fully saturated rings. The first-order valence-corrected chi connectivity index (χ1v) is 6.95. The van der Waals surface area contributed by atoms with Crippen LogP contribution in [0.1, 0.15) is 22.8 Å². The number of aryl methyl sites for hydroxylation is 1. The summed E-state index contributed by atoms with van der Waals surface area (Å²) in [6, 6.07) is 9.65. The molecular formula is C16H15N3O3. The molecule has 0 aliphatic carbocycles. The summed E-state index contributed by atoms with van der Waals surface area (Å²) in [4.78, 5) is 28.2. The quantitative estimate of drug-likeness (QED) is 0.752. The highest BCUT2D eigenvalue weighted by Crippen LogP contribution is 2.19. The molecule has 1 aromatic carbocycles. The molecule has 0 radical (unpaired) electrons. The average Bonchev–Trinajstić information content (AvgIpc) is 2.93. The molecule has 0 atom stereocenters. The number of rotatable bonds is 3. The van der Waals surface area contributed by atoms with E-state index in [2.05, 4.69) is 10.1 Å². The van der Waals surface area contributed by atoms with Crippen molar-refractivity contribution in [2.75, 3.05) is 6.61 Å². The van der Waals surface area contributed by atoms with Gasteiger partial charge in [0.15, 0.2) is 5.65 Å². The van der Waals surface area contributed by atoms with Crippen molar-refractivity contribution in [2.45, 2.75) is 13.8 Å². The maximum Gasteiger partial charge on any atom is 0.345 e. The fraction of sp³-hybridized carbons (Fsp3) is 0.188. The Morgan fingerprint density at radius 3 is 2.91 bits per heavy atom. The number of nitrogens with one attached hydrogen (secondary N) is 1. The van der Waals surface area contributed by atoms with Crippen LogP contribution in [0.4, 0.5) is 0 Å². The molecule has 6 heteroatoms. The lowest BCUT2D eigenvalue weighted by atomic mass is 10.1. The smallest absolute Gasteiger partial charge is 0.345 e. The van der Waals surface area contributed by atoms with Gasteiger partial charge >= 0.3 is 5.97 Å². The van der Waals surface area contributed by atoms with E-state index in [1.807, 2.05) is 31.2 Å². The lowest BCUT2D eigenvalue weighted by Gasteiger charge is -2.01. The number of benzene rings is 1. The number of carbonyl (C=O) groups is 1. The second kappa shape index (κ2) is 5.48. The minimum Gasteiger partial charge on any atom is -0.462 e. The van der Waals surface area contributed by atoms with Crippen LogP contribution in [0.15, 0.2) is 41.3 Å². The maximum atomic E-state index is 12.3. The number of nitrogens with zero attached hydrogens (tertiary/aromatic N) is 2. The Bertz CT molecular complexity index is 908. The highest BCUT2D eigenvalue weighted by atomic mass is 16.5. The van der Waals surface area contributed by atoms with Crippen molar-refractivity contribution in [3.8, 4) is 11.3 Å². The second-order valence-corrected chi connectivity index (χ2v) is 4.93. The van der Waals surface area contributed by atoms with E-state index in [4.69, 9.17) is 4.74 Å². The molecular weight excluding hydrogens is 282 g/mol. The van der Waals surface area contributed by atoms with Crippen LogP contribution in [-0.4, -0.2) is 27.2 Å². The van der Waals surface area contributed by atoms with Gasteiger partial charge in [-0.25, -0.2) is 14.3 Å². The van der Waals surface area contributed by atoms with Gasteiger partial charge in [0, 0.05) is 12.3 Å². The molecule has 3 rings (SSSR count). The number of carbonyl (C=O) groups excluding carboxylic acids is 1. The van der Waals surface area contributed by atoms with Crippen LogP contribution in [-0.2, 0) is 4.74 Å². The summed E-state index contributed by atoms with van der Waals surface area (Å²) >= 11 is 0. The van der Waals surface area contributed by atoms with E-state index < -0.39 is 11.5 Å². The van der Waals surface area contributed by atoms with Crippen LogP contribution < -0.4 is 5.56 Å². The van der Waals surface area contributed by atoms with Gasteiger partial charge in [-0.1, -0.05) is 23.8 Å². The molecule has 0 spiro atoms. The van der Waals surface area contributed by atoms with Gasteiger partial charge in [-0.05, 0) is 25.5 Å². The number of esters is 1. The molecule has 3 aromatic rings. The third-order valence-electron chi connectivity index (χ3n) is 3.32. The molecule has 0 aliphatic rings. The lowest BCUT2D eigenvalue weighted by molar-refractivity contribution is 0.0523. The van der Waals surface area contributed by atoms with Crippen LogP contribution in [0.3, 0.4) is 0 Å². The third-order valence-corrected chi connectivity index (χ3v) is 3.32. The van der Waals surface area contributed by atoms with Gasteiger partial charge in [-0.3, -0.25) is 9.89 Å². The highest BCUT2D eigenvalue weighted by molar-refractivity contribution is 5.88. The van der Waals surface area contributed by atoms with Crippen molar-refractivity contribution in [1.82, 2.24) is 14.6 Å². The third kappa shape index (κ3) is 2.39. The van der Waals surface area contributed by atoms with Crippen LogP contribution in [0.25, 0.3) is 16.9 Å². The predicted molar refractivity (Wildman–Crippen MR) is 81.9 cm³/mol. The Labute approximate surface area is 126 Å². The Morgan fingerprint density at radius 1 is 1.36 bits per heavy atom. The van der Waals surface area contributed by atoms with Crippen molar-refractivity contribution in [3.05, 3.63) is 58.0 Å². The number of ether oxygens (including phenoxy) is 1. The number of aromatic amines is 1. The van der Waals surface area contributed by atoms with E-state index in [0.29, 0.717) is 5.65 Å². The van der Waals surface area contributed by atoms with E-state index in [1.54, 1.807) is 13.0 Å². The molecule has 2 aromatic heterocycles. The Morgan fingerprint density at radius 2 is 2.18 bits per heavy atom. The number of hydrogen-bond donors (Lipinski definition) is 1. The molecule has 0 saturated heterocycles. The Balaban J connectivity index is 2.13. The Kier molecular flexibility index (Phi) is 3.50. The normalized spacial score (nSPS) is 10.8. The van der Waals surface area contributed by atoms with Gasteiger partial charge in [-0.2, -0.15) is 0 Å². The molecule has 6 nitrogen and oxygen atoms in total. The standard InChI is InChI=1S/C16H15N3O3/c1-3-22-16(21)12-9-17-14-8-13(18-19(14)15(12)20)11-6-4-5-10(2)7-11/h4-9,18H,3H2,1-2H3. The summed E-state index contributed by atoms with van der Waals surface area (Å²) in [6.45, 7) is 3.89. The van der Waals surface area contributed by atoms with Crippen LogP contribution in [0.5, 0.6) is 0 Å². The monoisotopic (exact) mass is 297 g/mol. The SMILES string of the molecule is CCOC(=O)c1cnc2cc(-c3cccc(C)c3)[nH]n2c1=O. The van der Waals surface area contributed by atoms with Gasteiger partial charge in [0.05, 0.1) is 12.3 Å². The van der Waals surface area contributed by atoms with Gasteiger partial charge in [-0.15, -0.1) is 0 Å². The maximum absolute atomic E-state index is 12.3. The largest absolute Gasteiger partial charge is 0.462 e. The van der Waals surface area contributed by atoms with E-state index in [9.17, 15) is 9.59 Å². The first-order chi connectivity index (χ1) is 10.6. The first-order valence-electron chi connectivity index (χ1n) is 6.95. The number of fused-ring (bicyclic) bond motifs is 1. The van der Waals surface area contributed by atoms with Crippen LogP contribution in [0.2, 0.25) is 0 Å². The molecule has 112 valence electrons. The molecule has 0 aliphatic heterocycles. The minimum absolute atomic E-state index is 0.0861. The summed E-state index contributed by atoms with van der Waals surface area (Å²) in [5.41, 5.74) is 2.72. The zero-order valence-corrected chi connectivity index (χ0v) is 12.3. The number of H-pyrrole nitrogens is 1. The van der Waals surface area contributed by atoms with Gasteiger partial charge < -0.3 is 4.74 Å². The number of aromatic nitrogens is 3. The van der Waals surface area contributed by atoms with Crippen LogP contribution in [0, 0.1) is 6.92 Å². The summed E-state index contributed by atoms with van der Waals surface area (Å²) in [5, 5.41) is 2.98. The second-order valence-electron chi connectivity index (χ2n) is 4.93. The van der Waals surface area contributed by atoms with Crippen LogP contribution >= 0.6 is 0 Å². The molecule has 22 heavy (non-hydrogen) atoms. The fourth-order valence-electron chi connectivity index (χ4n) is 2.27. The summed E-state index contributed by atoms with van der Waals surface area (Å²) in [7, 11) is 0. The fourth-order valence-corrected chi connectivity index (χ4v) is 2.27. The lowest BCUT2D eigenvalue weighted by Crippen LogP contribution is -2.24. The topological polar surface area (TPSA) is 76.5 Å². The van der Waals surface area contributed by atoms with E-state index in [1.165, 1.54) is 10.7 Å². The van der Waals surface area contributed by atoms with Crippen molar-refractivity contribution in [2.24, 2.45) is 0 Å². The summed E-state index contributed by atoms with van der Waals surface area (Å²) in [6.07, 6.45) is 1.25. The Hall–Kier alpha value is -2.89. The molecule has 0 saturated carbocycles. The molecule has 1 N–H and O–H groups in total. The molecule has 0 unspecified atom stereocenters. The first kappa shape index (κ1) is 14.1.